The fraction of sp³-hybridized carbons (Fsp3) is 0.462. The quantitative estimate of drug-likeness (QED) is 0.194. The van der Waals surface area contributed by atoms with Gasteiger partial charge in [0.1, 0.15) is 0 Å². The average Bonchev–Trinajstić information content (AvgIpc) is 2.79. The molecule has 0 heterocycles. The molecule has 162 valence electrons. The maximum absolute atomic E-state index is 12.7. The number of hydrogen-bond acceptors (Lipinski definition) is 2. The molecule has 2 aromatic carbocycles. The molecule has 0 N–H and O–H groups in total. The van der Waals surface area contributed by atoms with Crippen molar-refractivity contribution >= 4 is 43.4 Å². The number of unbranched alkanes of at least 4 members (excludes halogenated alkanes) is 2. The zero-order valence-electron chi connectivity index (χ0n) is 18.0. The Kier molecular flexibility index (Phi) is 11.0. The second-order valence-corrected chi connectivity index (χ2v) is 10.1. The molecule has 0 aliphatic carbocycles. The van der Waals surface area contributed by atoms with Crippen molar-refractivity contribution in [3.05, 3.63) is 70.8 Å². The predicted molar refractivity (Wildman–Crippen MR) is 133 cm³/mol. The fourth-order valence-electron chi connectivity index (χ4n) is 3.35. The van der Waals surface area contributed by atoms with E-state index in [9.17, 15) is 9.59 Å². The number of hydrogen-bond donors (Lipinski definition) is 0. The summed E-state index contributed by atoms with van der Waals surface area (Å²) in [5.74, 6) is 0.147. The molecule has 0 aliphatic heterocycles. The van der Waals surface area contributed by atoms with E-state index in [1.807, 2.05) is 48.5 Å². The highest BCUT2D eigenvalue weighted by Crippen LogP contribution is 2.22. The van der Waals surface area contributed by atoms with E-state index in [1.54, 1.807) is 0 Å². The summed E-state index contributed by atoms with van der Waals surface area (Å²) in [4.78, 5) is 24.8. The molecule has 30 heavy (non-hydrogen) atoms. The van der Waals surface area contributed by atoms with Crippen molar-refractivity contribution < 1.29 is 9.59 Å². The van der Waals surface area contributed by atoms with Crippen molar-refractivity contribution in [3.8, 4) is 0 Å². The van der Waals surface area contributed by atoms with Crippen LogP contribution in [0.3, 0.4) is 0 Å². The minimum Gasteiger partial charge on any atom is -0.293 e. The van der Waals surface area contributed by atoms with Crippen LogP contribution in [0.1, 0.15) is 84.2 Å². The predicted octanol–water partition coefficient (Wildman–Crippen LogP) is 7.74. The van der Waals surface area contributed by atoms with E-state index in [0.29, 0.717) is 12.8 Å². The van der Waals surface area contributed by atoms with Crippen LogP contribution in [-0.2, 0) is 12.8 Å². The summed E-state index contributed by atoms with van der Waals surface area (Å²) in [6.07, 6.45) is 7.97. The Balaban J connectivity index is 1.85. The van der Waals surface area contributed by atoms with Gasteiger partial charge in [-0.2, -0.15) is 0 Å². The van der Waals surface area contributed by atoms with Crippen LogP contribution in [0.4, 0.5) is 0 Å². The Morgan fingerprint density at radius 1 is 0.667 bits per heavy atom. The van der Waals surface area contributed by atoms with Crippen LogP contribution >= 0.6 is 31.9 Å². The van der Waals surface area contributed by atoms with Crippen LogP contribution in [0.25, 0.3) is 0 Å². The van der Waals surface area contributed by atoms with Crippen molar-refractivity contribution in [2.45, 2.75) is 74.9 Å². The number of Topliss-reactive ketones (excluding diaryl/α,β-unsaturated/α-hetero) is 2. The largest absolute Gasteiger partial charge is 0.293 e. The molecule has 2 aromatic rings. The van der Waals surface area contributed by atoms with E-state index >= 15 is 0 Å². The molecule has 2 nitrogen and oxygen atoms in total. The minimum atomic E-state index is -0.289. The van der Waals surface area contributed by atoms with Crippen LogP contribution in [0.15, 0.2) is 48.5 Å². The summed E-state index contributed by atoms with van der Waals surface area (Å²) >= 11 is 7.05. The van der Waals surface area contributed by atoms with Gasteiger partial charge < -0.3 is 0 Å². The zero-order chi connectivity index (χ0) is 21.9. The summed E-state index contributed by atoms with van der Waals surface area (Å²) in [7, 11) is 0. The van der Waals surface area contributed by atoms with Gasteiger partial charge in [0.15, 0.2) is 11.6 Å². The summed E-state index contributed by atoms with van der Waals surface area (Å²) in [5.41, 5.74) is 3.98. The first-order valence-electron chi connectivity index (χ1n) is 11.0. The van der Waals surface area contributed by atoms with Crippen LogP contribution in [0.2, 0.25) is 0 Å². The monoisotopic (exact) mass is 534 g/mol. The first kappa shape index (κ1) is 25.0. The third-order valence-electron chi connectivity index (χ3n) is 5.36. The Morgan fingerprint density at radius 2 is 1.00 bits per heavy atom. The number of carbonyl (C=O) groups excluding carboxylic acids is 2. The fourth-order valence-corrected chi connectivity index (χ4v) is 4.41. The number of benzene rings is 2. The van der Waals surface area contributed by atoms with E-state index in [2.05, 4.69) is 45.7 Å². The highest BCUT2D eigenvalue weighted by Gasteiger charge is 2.22. The van der Waals surface area contributed by atoms with Gasteiger partial charge in [0, 0.05) is 11.1 Å². The lowest BCUT2D eigenvalue weighted by Gasteiger charge is -2.13. The number of carbonyl (C=O) groups is 2. The molecule has 2 atom stereocenters. The van der Waals surface area contributed by atoms with Gasteiger partial charge in [-0.05, 0) is 49.7 Å². The highest BCUT2D eigenvalue weighted by molar-refractivity contribution is 9.10. The van der Waals surface area contributed by atoms with Gasteiger partial charge >= 0.3 is 0 Å². The van der Waals surface area contributed by atoms with Gasteiger partial charge in [0.05, 0.1) is 9.65 Å². The maximum Gasteiger partial charge on any atom is 0.176 e. The summed E-state index contributed by atoms with van der Waals surface area (Å²) in [5, 5.41) is 0. The zero-order valence-corrected chi connectivity index (χ0v) is 21.2. The van der Waals surface area contributed by atoms with Gasteiger partial charge in [0.25, 0.3) is 0 Å². The highest BCUT2D eigenvalue weighted by atomic mass is 79.9. The van der Waals surface area contributed by atoms with E-state index in [-0.39, 0.29) is 21.2 Å². The number of halogens is 2. The van der Waals surface area contributed by atoms with Gasteiger partial charge in [0.2, 0.25) is 0 Å². The van der Waals surface area contributed by atoms with Crippen LogP contribution in [0, 0.1) is 0 Å². The lowest BCUT2D eigenvalue weighted by molar-refractivity contribution is 0.0965. The molecule has 0 saturated heterocycles. The standard InChI is InChI=1S/C26H32Br2O2/c1-3-5-7-19-9-13-21(14-10-19)25(29)23(27)17-18-24(28)26(30)22-15-11-20(12-16-22)8-6-4-2/h9-16,23-24H,3-8,17-18H2,1-2H3/t23-,24-/m0/s1. The number of alkyl halides is 2. The SMILES string of the molecule is CCCCc1ccc(C(=O)[C@@H](Br)CC[C@H](Br)C(=O)c2ccc(CCCC)cc2)cc1. The topological polar surface area (TPSA) is 34.1 Å². The van der Waals surface area contributed by atoms with Gasteiger partial charge in [-0.15, -0.1) is 0 Å². The molecule has 0 bridgehead atoms. The van der Waals surface area contributed by atoms with Crippen molar-refractivity contribution in [3.63, 3.8) is 0 Å². The van der Waals surface area contributed by atoms with Crippen LogP contribution in [0.5, 0.6) is 0 Å². The molecule has 4 heteroatoms. The molecule has 0 spiro atoms. The maximum atomic E-state index is 12.7. The molecule has 0 saturated carbocycles. The molecule has 0 amide bonds. The average molecular weight is 536 g/mol. The van der Waals surface area contributed by atoms with Gasteiger partial charge in [-0.3, -0.25) is 9.59 Å². The lowest BCUT2D eigenvalue weighted by Crippen LogP contribution is -2.19. The molecule has 0 radical (unpaired) electrons. The summed E-state index contributed by atoms with van der Waals surface area (Å²) < 4.78 is 0. The van der Waals surface area contributed by atoms with E-state index in [0.717, 1.165) is 36.8 Å². The lowest BCUT2D eigenvalue weighted by atomic mass is 9.99. The minimum absolute atomic E-state index is 0.0736. The molecular weight excluding hydrogens is 504 g/mol. The van der Waals surface area contributed by atoms with E-state index in [4.69, 9.17) is 0 Å². The van der Waals surface area contributed by atoms with E-state index in [1.165, 1.54) is 24.0 Å². The Bertz CT molecular complexity index is 727. The molecular formula is C26H32Br2O2. The first-order chi connectivity index (χ1) is 14.5. The van der Waals surface area contributed by atoms with Crippen molar-refractivity contribution in [1.29, 1.82) is 0 Å². The summed E-state index contributed by atoms with van der Waals surface area (Å²) in [6.45, 7) is 4.36. The Morgan fingerprint density at radius 3 is 1.30 bits per heavy atom. The Hall–Kier alpha value is -1.26. The van der Waals surface area contributed by atoms with Crippen LogP contribution in [-0.4, -0.2) is 21.2 Å². The van der Waals surface area contributed by atoms with Crippen molar-refractivity contribution in [1.82, 2.24) is 0 Å². The third kappa shape index (κ3) is 7.77. The smallest absolute Gasteiger partial charge is 0.176 e. The van der Waals surface area contributed by atoms with E-state index < -0.39 is 0 Å². The first-order valence-corrected chi connectivity index (χ1v) is 12.8. The summed E-state index contributed by atoms with van der Waals surface area (Å²) in [6, 6.07) is 15.8. The van der Waals surface area contributed by atoms with Crippen LogP contribution < -0.4 is 0 Å². The number of rotatable bonds is 13. The van der Waals surface area contributed by atoms with Crippen molar-refractivity contribution in [2.75, 3.05) is 0 Å². The third-order valence-corrected chi connectivity index (χ3v) is 7.10. The van der Waals surface area contributed by atoms with Gasteiger partial charge in [-0.25, -0.2) is 0 Å². The van der Waals surface area contributed by atoms with Gasteiger partial charge in [-0.1, -0.05) is 107 Å². The van der Waals surface area contributed by atoms with Crippen molar-refractivity contribution in [2.24, 2.45) is 0 Å². The molecule has 0 unspecified atom stereocenters. The number of ketones is 2. The number of aryl methyl sites for hydroxylation is 2. The molecule has 0 fully saturated rings. The second kappa shape index (κ2) is 13.2. The second-order valence-electron chi connectivity index (χ2n) is 7.84. The normalized spacial score (nSPS) is 13.1. The molecule has 2 rings (SSSR count). The molecule has 0 aromatic heterocycles. The molecule has 0 aliphatic rings. The Labute approximate surface area is 198 Å².